The lowest BCUT2D eigenvalue weighted by atomic mass is 10.2. The first-order valence-corrected chi connectivity index (χ1v) is 10.4. The first-order chi connectivity index (χ1) is 12.9. The van der Waals surface area contributed by atoms with E-state index in [1.54, 1.807) is 35.7 Å². The minimum Gasteiger partial charge on any atom is -0.350 e. The van der Waals surface area contributed by atoms with Crippen LogP contribution in [-0.2, 0) is 9.84 Å². The molecule has 0 aliphatic heterocycles. The van der Waals surface area contributed by atoms with Gasteiger partial charge < -0.3 is 5.32 Å². The van der Waals surface area contributed by atoms with Gasteiger partial charge >= 0.3 is 0 Å². The predicted molar refractivity (Wildman–Crippen MR) is 99.4 cm³/mol. The van der Waals surface area contributed by atoms with Gasteiger partial charge in [0.05, 0.1) is 4.90 Å². The van der Waals surface area contributed by atoms with Gasteiger partial charge in [-0.1, -0.05) is 24.3 Å². The van der Waals surface area contributed by atoms with Crippen molar-refractivity contribution in [2.45, 2.75) is 10.1 Å². The smallest absolute Gasteiger partial charge is 0.251 e. The third-order valence-electron chi connectivity index (χ3n) is 3.94. The summed E-state index contributed by atoms with van der Waals surface area (Å²) in [6.45, 7) is -0.199. The first-order valence-electron chi connectivity index (χ1n) is 7.95. The largest absolute Gasteiger partial charge is 0.350 e. The minimum atomic E-state index is -3.76. The van der Waals surface area contributed by atoms with Crippen LogP contribution in [0.5, 0.6) is 0 Å². The Bertz CT molecular complexity index is 1040. The quantitative estimate of drug-likeness (QED) is 0.673. The van der Waals surface area contributed by atoms with Crippen LogP contribution in [0, 0.1) is 11.6 Å². The normalized spacial score (nSPS) is 12.5. The van der Waals surface area contributed by atoms with Crippen molar-refractivity contribution in [1.29, 1.82) is 0 Å². The maximum absolute atomic E-state index is 13.3. The minimum absolute atomic E-state index is 0.0871. The standard InChI is InChI=1S/C19H15F2NO3S2/c20-15-9-8-13(11-16(15)21)19(23)22-12-18(17-7-4-10-26-17)27(24,25)14-5-2-1-3-6-14/h1-11,18H,12H2,(H,22,23)/t18-/m1/s1. The zero-order valence-corrected chi connectivity index (χ0v) is 15.6. The summed E-state index contributed by atoms with van der Waals surface area (Å²) in [4.78, 5) is 13.0. The zero-order chi connectivity index (χ0) is 19.4. The van der Waals surface area contributed by atoms with E-state index in [9.17, 15) is 22.0 Å². The van der Waals surface area contributed by atoms with Crippen LogP contribution in [0.3, 0.4) is 0 Å². The highest BCUT2D eigenvalue weighted by Crippen LogP contribution is 2.31. The monoisotopic (exact) mass is 407 g/mol. The lowest BCUT2D eigenvalue weighted by molar-refractivity contribution is 0.0953. The fraction of sp³-hybridized carbons (Fsp3) is 0.105. The molecule has 0 unspecified atom stereocenters. The van der Waals surface area contributed by atoms with Crippen LogP contribution in [0.4, 0.5) is 8.78 Å². The van der Waals surface area contributed by atoms with Crippen molar-refractivity contribution in [2.75, 3.05) is 6.54 Å². The molecule has 27 heavy (non-hydrogen) atoms. The molecule has 1 aromatic heterocycles. The second kappa shape index (κ2) is 7.98. The lowest BCUT2D eigenvalue weighted by Crippen LogP contribution is -2.31. The summed E-state index contributed by atoms with van der Waals surface area (Å²) in [5.41, 5.74) is -0.0871. The summed E-state index contributed by atoms with van der Waals surface area (Å²) in [5.74, 6) is -2.89. The van der Waals surface area contributed by atoms with Crippen LogP contribution in [0.1, 0.15) is 20.5 Å². The van der Waals surface area contributed by atoms with Crippen LogP contribution >= 0.6 is 11.3 Å². The molecule has 2 aromatic carbocycles. The van der Waals surface area contributed by atoms with E-state index in [1.807, 2.05) is 0 Å². The highest BCUT2D eigenvalue weighted by atomic mass is 32.2. The molecule has 1 N–H and O–H groups in total. The Morgan fingerprint density at radius 2 is 1.74 bits per heavy atom. The Hall–Kier alpha value is -2.58. The van der Waals surface area contributed by atoms with Gasteiger partial charge in [0.25, 0.3) is 5.91 Å². The van der Waals surface area contributed by atoms with Crippen LogP contribution in [0.15, 0.2) is 70.9 Å². The van der Waals surface area contributed by atoms with Gasteiger partial charge in [-0.25, -0.2) is 17.2 Å². The van der Waals surface area contributed by atoms with Gasteiger partial charge in [-0.2, -0.15) is 0 Å². The average molecular weight is 407 g/mol. The van der Waals surface area contributed by atoms with Crippen molar-refractivity contribution in [3.8, 4) is 0 Å². The maximum atomic E-state index is 13.3. The van der Waals surface area contributed by atoms with Crippen LogP contribution in [0.2, 0.25) is 0 Å². The van der Waals surface area contributed by atoms with E-state index in [2.05, 4.69) is 5.32 Å². The fourth-order valence-electron chi connectivity index (χ4n) is 2.54. The summed E-state index contributed by atoms with van der Waals surface area (Å²) < 4.78 is 52.4. The molecule has 4 nitrogen and oxygen atoms in total. The van der Waals surface area contributed by atoms with Crippen LogP contribution < -0.4 is 5.32 Å². The highest BCUT2D eigenvalue weighted by molar-refractivity contribution is 7.91. The van der Waals surface area contributed by atoms with E-state index >= 15 is 0 Å². The number of carbonyl (C=O) groups excluding carboxylic acids is 1. The molecule has 0 spiro atoms. The number of thiophene rings is 1. The van der Waals surface area contributed by atoms with E-state index in [1.165, 1.54) is 23.5 Å². The van der Waals surface area contributed by atoms with E-state index in [4.69, 9.17) is 0 Å². The molecule has 0 aliphatic rings. The number of amides is 1. The van der Waals surface area contributed by atoms with E-state index in [0.717, 1.165) is 18.2 Å². The number of hydrogen-bond acceptors (Lipinski definition) is 4. The second-order valence-electron chi connectivity index (χ2n) is 5.70. The molecule has 0 bridgehead atoms. The zero-order valence-electron chi connectivity index (χ0n) is 13.9. The molecule has 0 radical (unpaired) electrons. The van der Waals surface area contributed by atoms with Crippen molar-refractivity contribution in [1.82, 2.24) is 5.32 Å². The molecule has 0 saturated heterocycles. The number of benzene rings is 2. The van der Waals surface area contributed by atoms with Crippen LogP contribution in [0.25, 0.3) is 0 Å². The summed E-state index contributed by atoms with van der Waals surface area (Å²) in [5, 5.41) is 3.27. The number of nitrogens with one attached hydrogen (secondary N) is 1. The number of rotatable bonds is 6. The third-order valence-corrected chi connectivity index (χ3v) is 7.17. The molecular weight excluding hydrogens is 392 g/mol. The predicted octanol–water partition coefficient (Wildman–Crippen LogP) is 3.97. The Morgan fingerprint density at radius 1 is 1.00 bits per heavy atom. The first kappa shape index (κ1) is 19.2. The molecule has 1 atom stereocenters. The Kier molecular flexibility index (Phi) is 5.67. The van der Waals surface area contributed by atoms with Crippen molar-refractivity contribution >= 4 is 27.1 Å². The molecule has 0 fully saturated rings. The molecule has 0 aliphatic carbocycles. The average Bonchev–Trinajstić information content (AvgIpc) is 3.19. The maximum Gasteiger partial charge on any atom is 0.251 e. The molecule has 3 rings (SSSR count). The summed E-state index contributed by atoms with van der Waals surface area (Å²) >= 11 is 1.26. The Labute approximate surface area is 159 Å². The highest BCUT2D eigenvalue weighted by Gasteiger charge is 2.30. The van der Waals surface area contributed by atoms with Gasteiger partial charge in [0.1, 0.15) is 5.25 Å². The van der Waals surface area contributed by atoms with Gasteiger partial charge in [-0.3, -0.25) is 4.79 Å². The topological polar surface area (TPSA) is 63.2 Å². The fourth-order valence-corrected chi connectivity index (χ4v) is 5.34. The molecule has 1 amide bonds. The van der Waals surface area contributed by atoms with Gasteiger partial charge in [0.15, 0.2) is 21.5 Å². The van der Waals surface area contributed by atoms with Crippen molar-refractivity contribution in [3.63, 3.8) is 0 Å². The molecule has 3 aromatic rings. The number of sulfone groups is 1. The molecule has 140 valence electrons. The summed E-state index contributed by atoms with van der Waals surface area (Å²) in [7, 11) is -3.76. The summed E-state index contributed by atoms with van der Waals surface area (Å²) in [6, 6.07) is 14.1. The Balaban J connectivity index is 1.85. The van der Waals surface area contributed by atoms with Crippen molar-refractivity contribution in [2.24, 2.45) is 0 Å². The molecule has 0 saturated carbocycles. The molecule has 1 heterocycles. The number of halogens is 2. The van der Waals surface area contributed by atoms with Crippen molar-refractivity contribution in [3.05, 3.63) is 88.1 Å². The number of carbonyl (C=O) groups is 1. The van der Waals surface area contributed by atoms with Gasteiger partial charge in [0, 0.05) is 17.0 Å². The SMILES string of the molecule is O=C(NC[C@H](c1cccs1)S(=O)(=O)c1ccccc1)c1ccc(F)c(F)c1. The Morgan fingerprint density at radius 3 is 2.37 bits per heavy atom. The summed E-state index contributed by atoms with van der Waals surface area (Å²) in [6.07, 6.45) is 0. The van der Waals surface area contributed by atoms with E-state index < -0.39 is 32.6 Å². The third kappa shape index (κ3) is 4.23. The second-order valence-corrected chi connectivity index (χ2v) is 8.81. The van der Waals surface area contributed by atoms with Gasteiger partial charge in [0.2, 0.25) is 0 Å². The van der Waals surface area contributed by atoms with Crippen molar-refractivity contribution < 1.29 is 22.0 Å². The molecular formula is C19H15F2NO3S2. The van der Waals surface area contributed by atoms with Gasteiger partial charge in [-0.05, 0) is 41.8 Å². The lowest BCUT2D eigenvalue weighted by Gasteiger charge is -2.17. The number of hydrogen-bond donors (Lipinski definition) is 1. The molecule has 8 heteroatoms. The van der Waals surface area contributed by atoms with Crippen LogP contribution in [-0.4, -0.2) is 20.9 Å². The van der Waals surface area contributed by atoms with Gasteiger partial charge in [-0.15, -0.1) is 11.3 Å². The van der Waals surface area contributed by atoms with E-state index in [-0.39, 0.29) is 17.0 Å². The van der Waals surface area contributed by atoms with E-state index in [0.29, 0.717) is 4.88 Å².